The van der Waals surface area contributed by atoms with Gasteiger partial charge in [-0.05, 0) is 48.3 Å². The molecule has 1 aromatic carbocycles. The molecule has 5 nitrogen and oxygen atoms in total. The Hall–Kier alpha value is -0.820. The van der Waals surface area contributed by atoms with Crippen molar-refractivity contribution in [2.45, 2.75) is 38.8 Å². The first-order valence-corrected chi connectivity index (χ1v) is 7.78. The fraction of sp³-hybridized carbons (Fsp3) is 0.600. The van der Waals surface area contributed by atoms with Gasteiger partial charge in [0.15, 0.2) is 0 Å². The first-order chi connectivity index (χ1) is 9.98. The second kappa shape index (κ2) is 7.98. The van der Waals surface area contributed by atoms with Crippen molar-refractivity contribution in [3.63, 3.8) is 0 Å². The molecule has 0 amide bonds. The number of nitrogens with one attached hydrogen (secondary N) is 1. The molecular weight excluding hydrogens is 336 g/mol. The molecule has 0 saturated heterocycles. The van der Waals surface area contributed by atoms with Gasteiger partial charge in [0.25, 0.3) is 0 Å². The number of hydrogen-bond donors (Lipinski definition) is 2. The van der Waals surface area contributed by atoms with Crippen molar-refractivity contribution in [3.05, 3.63) is 22.2 Å². The van der Waals surface area contributed by atoms with Crippen LogP contribution in [-0.4, -0.2) is 26.4 Å². The molecule has 0 aliphatic heterocycles. The van der Waals surface area contributed by atoms with Crippen molar-refractivity contribution < 1.29 is 14.2 Å². The smallest absolute Gasteiger partial charge is 0.141 e. The molecule has 0 bridgehead atoms. The number of hydrazine groups is 1. The SMILES string of the molecule is CCOC(C)(CC)C(NN)c1ccc(OC)c(Br)c1OC. The van der Waals surface area contributed by atoms with Crippen LogP contribution in [0.2, 0.25) is 0 Å². The monoisotopic (exact) mass is 360 g/mol. The minimum Gasteiger partial charge on any atom is -0.495 e. The minimum atomic E-state index is -0.440. The fourth-order valence-electron chi connectivity index (χ4n) is 2.46. The number of methoxy groups -OCH3 is 2. The third-order valence-corrected chi connectivity index (χ3v) is 4.53. The summed E-state index contributed by atoms with van der Waals surface area (Å²) in [4.78, 5) is 0. The lowest BCUT2D eigenvalue weighted by Gasteiger charge is -2.37. The van der Waals surface area contributed by atoms with Crippen LogP contribution in [0.5, 0.6) is 11.5 Å². The standard InChI is InChI=1S/C15H25BrN2O3/c1-6-15(3,21-7-2)14(18-17)10-8-9-11(19-4)12(16)13(10)20-5/h8-9,14,18H,6-7,17H2,1-5H3. The summed E-state index contributed by atoms with van der Waals surface area (Å²) in [5, 5.41) is 0. The van der Waals surface area contributed by atoms with Crippen molar-refractivity contribution in [1.29, 1.82) is 0 Å². The summed E-state index contributed by atoms with van der Waals surface area (Å²) < 4.78 is 17.5. The Kier molecular flexibility index (Phi) is 6.93. The summed E-state index contributed by atoms with van der Waals surface area (Å²) in [6.07, 6.45) is 0.808. The van der Waals surface area contributed by atoms with E-state index in [1.54, 1.807) is 14.2 Å². The minimum absolute atomic E-state index is 0.209. The Morgan fingerprint density at radius 1 is 1.29 bits per heavy atom. The van der Waals surface area contributed by atoms with Crippen LogP contribution >= 0.6 is 15.9 Å². The first-order valence-electron chi connectivity index (χ1n) is 6.99. The number of benzene rings is 1. The van der Waals surface area contributed by atoms with E-state index in [0.717, 1.165) is 16.5 Å². The van der Waals surface area contributed by atoms with Gasteiger partial charge in [-0.15, -0.1) is 0 Å². The molecule has 2 unspecified atom stereocenters. The molecule has 21 heavy (non-hydrogen) atoms. The molecule has 0 heterocycles. The van der Waals surface area contributed by atoms with Gasteiger partial charge in [-0.3, -0.25) is 5.84 Å². The third kappa shape index (κ3) is 3.69. The van der Waals surface area contributed by atoms with Gasteiger partial charge < -0.3 is 14.2 Å². The van der Waals surface area contributed by atoms with Gasteiger partial charge >= 0.3 is 0 Å². The van der Waals surface area contributed by atoms with E-state index in [2.05, 4.69) is 28.3 Å². The number of ether oxygens (including phenoxy) is 3. The molecule has 0 aromatic heterocycles. The average Bonchev–Trinajstić information content (AvgIpc) is 2.48. The van der Waals surface area contributed by atoms with Crippen LogP contribution in [0.15, 0.2) is 16.6 Å². The Morgan fingerprint density at radius 3 is 2.38 bits per heavy atom. The maximum Gasteiger partial charge on any atom is 0.141 e. The molecule has 0 saturated carbocycles. The summed E-state index contributed by atoms with van der Waals surface area (Å²) in [6, 6.07) is 3.62. The Balaban J connectivity index is 3.37. The van der Waals surface area contributed by atoms with Crippen LogP contribution < -0.4 is 20.7 Å². The summed E-state index contributed by atoms with van der Waals surface area (Å²) in [5.41, 5.74) is 3.35. The summed E-state index contributed by atoms with van der Waals surface area (Å²) in [7, 11) is 3.24. The highest BCUT2D eigenvalue weighted by Crippen LogP contribution is 2.43. The van der Waals surface area contributed by atoms with Crippen molar-refractivity contribution in [2.24, 2.45) is 5.84 Å². The van der Waals surface area contributed by atoms with E-state index in [-0.39, 0.29) is 6.04 Å². The highest BCUT2D eigenvalue weighted by molar-refractivity contribution is 9.10. The Bertz CT molecular complexity index is 470. The van der Waals surface area contributed by atoms with Crippen molar-refractivity contribution in [3.8, 4) is 11.5 Å². The molecule has 0 radical (unpaired) electrons. The molecular formula is C15H25BrN2O3. The number of hydrogen-bond acceptors (Lipinski definition) is 5. The van der Waals surface area contributed by atoms with E-state index in [1.165, 1.54) is 0 Å². The van der Waals surface area contributed by atoms with Crippen LogP contribution in [0.1, 0.15) is 38.8 Å². The lowest BCUT2D eigenvalue weighted by Crippen LogP contribution is -2.46. The normalized spacial score (nSPS) is 15.4. The predicted molar refractivity (Wildman–Crippen MR) is 87.6 cm³/mol. The molecule has 3 N–H and O–H groups in total. The van der Waals surface area contributed by atoms with E-state index in [0.29, 0.717) is 18.1 Å². The topological polar surface area (TPSA) is 65.7 Å². The van der Waals surface area contributed by atoms with Crippen LogP contribution in [0.4, 0.5) is 0 Å². The predicted octanol–water partition coefficient (Wildman–Crippen LogP) is 3.18. The summed E-state index contributed by atoms with van der Waals surface area (Å²) in [6.45, 7) is 6.70. The second-order valence-electron chi connectivity index (χ2n) is 4.90. The maximum atomic E-state index is 5.94. The molecule has 0 aliphatic rings. The summed E-state index contributed by atoms with van der Waals surface area (Å²) in [5.74, 6) is 7.21. The zero-order valence-electron chi connectivity index (χ0n) is 13.3. The van der Waals surface area contributed by atoms with Crippen molar-refractivity contribution >= 4 is 15.9 Å². The van der Waals surface area contributed by atoms with Crippen LogP contribution in [0.3, 0.4) is 0 Å². The van der Waals surface area contributed by atoms with Crippen LogP contribution in [-0.2, 0) is 4.74 Å². The van der Waals surface area contributed by atoms with Gasteiger partial charge in [-0.1, -0.05) is 6.92 Å². The number of nitrogens with two attached hydrogens (primary N) is 1. The van der Waals surface area contributed by atoms with Crippen LogP contribution in [0, 0.1) is 0 Å². The maximum absolute atomic E-state index is 5.94. The quantitative estimate of drug-likeness (QED) is 0.550. The highest BCUT2D eigenvalue weighted by Gasteiger charge is 2.36. The Labute approximate surface area is 135 Å². The molecule has 2 atom stereocenters. The average molecular weight is 361 g/mol. The lowest BCUT2D eigenvalue weighted by molar-refractivity contribution is -0.0568. The molecule has 1 aromatic rings. The number of rotatable bonds is 8. The third-order valence-electron chi connectivity index (χ3n) is 3.78. The van der Waals surface area contributed by atoms with E-state index in [4.69, 9.17) is 20.1 Å². The second-order valence-corrected chi connectivity index (χ2v) is 5.70. The van der Waals surface area contributed by atoms with E-state index < -0.39 is 5.60 Å². The van der Waals surface area contributed by atoms with Gasteiger partial charge in [0, 0.05) is 12.2 Å². The largest absolute Gasteiger partial charge is 0.495 e. The molecule has 0 spiro atoms. The highest BCUT2D eigenvalue weighted by atomic mass is 79.9. The molecule has 0 fully saturated rings. The molecule has 1 rings (SSSR count). The van der Waals surface area contributed by atoms with Gasteiger partial charge in [-0.25, -0.2) is 5.43 Å². The summed E-state index contributed by atoms with van der Waals surface area (Å²) >= 11 is 3.52. The van der Waals surface area contributed by atoms with Gasteiger partial charge in [0.2, 0.25) is 0 Å². The Morgan fingerprint density at radius 2 is 1.95 bits per heavy atom. The van der Waals surface area contributed by atoms with Gasteiger partial charge in [0.05, 0.1) is 25.9 Å². The van der Waals surface area contributed by atoms with E-state index in [9.17, 15) is 0 Å². The van der Waals surface area contributed by atoms with Crippen LogP contribution in [0.25, 0.3) is 0 Å². The van der Waals surface area contributed by atoms with Gasteiger partial charge in [0.1, 0.15) is 16.0 Å². The molecule has 120 valence electrons. The lowest BCUT2D eigenvalue weighted by atomic mass is 9.87. The van der Waals surface area contributed by atoms with Crippen molar-refractivity contribution in [2.75, 3.05) is 20.8 Å². The van der Waals surface area contributed by atoms with Crippen molar-refractivity contribution in [1.82, 2.24) is 5.43 Å². The fourth-order valence-corrected chi connectivity index (χ4v) is 3.14. The van der Waals surface area contributed by atoms with E-state index in [1.807, 2.05) is 26.0 Å². The number of halogens is 1. The molecule has 6 heteroatoms. The van der Waals surface area contributed by atoms with Gasteiger partial charge in [-0.2, -0.15) is 0 Å². The zero-order chi connectivity index (χ0) is 16.0. The van der Waals surface area contributed by atoms with E-state index >= 15 is 0 Å². The zero-order valence-corrected chi connectivity index (χ0v) is 14.9. The molecule has 0 aliphatic carbocycles. The first kappa shape index (κ1) is 18.2.